The predicted octanol–water partition coefficient (Wildman–Crippen LogP) is 29.0. The summed E-state index contributed by atoms with van der Waals surface area (Å²) in [5.41, 5.74) is 27.4. The molecule has 0 bridgehead atoms. The maximum atomic E-state index is 10.0. The molecule has 0 radical (unpaired) electrons. The lowest BCUT2D eigenvalue weighted by Crippen LogP contribution is -1.93. The molecule has 0 atom stereocenters. The first kappa shape index (κ1) is 66.4. The predicted molar refractivity (Wildman–Crippen MR) is 490 cm³/mol. The highest BCUT2D eigenvalue weighted by molar-refractivity contribution is 6.30. The van der Waals surface area contributed by atoms with Gasteiger partial charge in [-0.05, 0) is 276 Å². The van der Waals surface area contributed by atoms with Crippen molar-refractivity contribution in [3.63, 3.8) is 0 Å². The Morgan fingerprint density at radius 3 is 0.983 bits per heavy atom. The van der Waals surface area contributed by atoms with Crippen molar-refractivity contribution in [1.82, 2.24) is 24.1 Å². The van der Waals surface area contributed by atoms with Crippen LogP contribution < -0.4 is 0 Å². The largest absolute Gasteiger partial charge is 0.309 e. The topological polar surface area (TPSA) is 96.1 Å². The van der Waals surface area contributed by atoms with E-state index in [0.717, 1.165) is 99.5 Å². The Labute approximate surface area is 677 Å². The first-order valence-corrected chi connectivity index (χ1v) is 39.9. The molecule has 0 aliphatic rings. The van der Waals surface area contributed by atoms with Gasteiger partial charge in [-0.3, -0.25) is 9.97 Å². The lowest BCUT2D eigenvalue weighted by Gasteiger charge is -2.15. The summed E-state index contributed by atoms with van der Waals surface area (Å²) in [6.07, 6.45) is 5.48. The molecule has 0 saturated carbocycles. The number of aromatic nitrogens is 5. The van der Waals surface area contributed by atoms with Crippen LogP contribution in [0.25, 0.3) is 241 Å². The van der Waals surface area contributed by atoms with E-state index in [1.165, 1.54) is 142 Å². The number of pyridine rings is 3. The molecule has 0 amide bonds. The van der Waals surface area contributed by atoms with E-state index in [2.05, 4.69) is 353 Å². The Morgan fingerprint density at radius 1 is 0.220 bits per heavy atom. The molecule has 5 heterocycles. The molecule has 25 aromatic rings. The zero-order chi connectivity index (χ0) is 77.8. The van der Waals surface area contributed by atoms with Crippen LogP contribution in [0, 0.1) is 22.7 Å². The van der Waals surface area contributed by atoms with Crippen LogP contribution in [0.15, 0.2) is 383 Å². The third-order valence-corrected chi connectivity index (χ3v) is 24.8. The van der Waals surface area contributed by atoms with E-state index in [1.807, 2.05) is 48.7 Å². The number of rotatable bonds is 10. The van der Waals surface area contributed by atoms with E-state index in [9.17, 15) is 10.5 Å². The summed E-state index contributed by atoms with van der Waals surface area (Å²) >= 11 is 0. The average Bonchev–Trinajstić information content (AvgIpc) is 1.51. The van der Waals surface area contributed by atoms with Crippen molar-refractivity contribution in [2.75, 3.05) is 0 Å². The van der Waals surface area contributed by atoms with Gasteiger partial charge in [0.15, 0.2) is 0 Å². The van der Waals surface area contributed by atoms with Gasteiger partial charge in [-0.1, -0.05) is 224 Å². The smallest absolute Gasteiger partial charge is 0.0998 e. The quantitative estimate of drug-likeness (QED) is 0.127. The minimum Gasteiger partial charge on any atom is -0.309 e. The molecule has 118 heavy (non-hydrogen) atoms. The molecule has 0 fully saturated rings. The average molecular weight is 1490 g/mol. The van der Waals surface area contributed by atoms with Crippen LogP contribution in [0.2, 0.25) is 0 Å². The fraction of sp³-hybridized carbons (Fsp3) is 0. The van der Waals surface area contributed by atoms with Crippen LogP contribution in [0.1, 0.15) is 11.1 Å². The van der Waals surface area contributed by atoms with Crippen molar-refractivity contribution in [3.8, 4) is 113 Å². The summed E-state index contributed by atoms with van der Waals surface area (Å²) in [7, 11) is 0. The third kappa shape index (κ3) is 10.4. The molecule has 0 saturated heterocycles. The van der Waals surface area contributed by atoms with Crippen molar-refractivity contribution in [2.24, 2.45) is 0 Å². The summed E-state index contributed by atoms with van der Waals surface area (Å²) < 4.78 is 4.65. The number of benzene rings is 20. The van der Waals surface area contributed by atoms with Gasteiger partial charge in [-0.25, -0.2) is 4.98 Å². The number of fused-ring (bicyclic) bond motifs is 1. The minimum atomic E-state index is 0.699. The Kier molecular flexibility index (Phi) is 14.7. The van der Waals surface area contributed by atoms with E-state index < -0.39 is 0 Å². The molecule has 0 aliphatic carbocycles. The summed E-state index contributed by atoms with van der Waals surface area (Å²) in [6.45, 7) is 0. The summed E-state index contributed by atoms with van der Waals surface area (Å²) in [5, 5.41) is 45.3. The minimum absolute atomic E-state index is 0.699. The highest BCUT2D eigenvalue weighted by Gasteiger charge is 2.25. The van der Waals surface area contributed by atoms with E-state index in [1.54, 1.807) is 12.4 Å². The van der Waals surface area contributed by atoms with E-state index in [4.69, 9.17) is 4.98 Å². The van der Waals surface area contributed by atoms with Gasteiger partial charge in [0.25, 0.3) is 0 Å². The van der Waals surface area contributed by atoms with Crippen LogP contribution in [-0.2, 0) is 0 Å². The summed E-state index contributed by atoms with van der Waals surface area (Å²) in [6, 6.07) is 136. The maximum absolute atomic E-state index is 10.0. The van der Waals surface area contributed by atoms with Crippen molar-refractivity contribution in [2.45, 2.75) is 0 Å². The van der Waals surface area contributed by atoms with Crippen LogP contribution in [0.5, 0.6) is 0 Å². The Bertz CT molecular complexity index is 8330. The molecule has 7 nitrogen and oxygen atoms in total. The second-order valence-electron chi connectivity index (χ2n) is 31.1. The number of nitriles is 2. The number of para-hydroxylation sites is 3. The Hall–Kier alpha value is -16.2. The first-order chi connectivity index (χ1) is 58.4. The zero-order valence-electron chi connectivity index (χ0n) is 63.5. The van der Waals surface area contributed by atoms with Crippen LogP contribution in [-0.4, -0.2) is 24.1 Å². The van der Waals surface area contributed by atoms with Crippen LogP contribution in [0.4, 0.5) is 0 Å². The SMILES string of the molecule is N#Cc1ccc2c3c1ccc1c(-c4ccc(-c5cc6ccc7cc(-c8ccc(-c9cccc%10cccnc9%10)cc8)cc8ccc(c5)c6c78)cc4)ccc(c13)n2-c1ccccc1.N#Cc1ccc2c3c1ccc1c(-c4ccc(-c5cc6ccc7cc(-c8cccc(-c9ccncc9)n8)cc8ccc(c5)c6c78)cc4)ccc(c13)n2-c1ccccc1. The van der Waals surface area contributed by atoms with E-state index in [0.29, 0.717) is 11.1 Å². The van der Waals surface area contributed by atoms with Crippen molar-refractivity contribution in [1.29, 1.82) is 10.5 Å². The van der Waals surface area contributed by atoms with Gasteiger partial charge < -0.3 is 9.13 Å². The molecule has 0 spiro atoms. The standard InChI is InChI=1S/C58H33N3.C53H30N4/c59-34-44-23-27-52-56-49(44)24-25-51-48(26-28-53(57(51)56)61(52)47-8-2-1-3-9-47)37-15-11-35(12-16-37)45-30-40-19-21-42-32-46(33-43-22-20-41(31-45)54(40)55(42)43)36-13-17-38(18-14-36)50-10-4-6-39-7-5-29-60-58(39)50;54-31-39-17-21-48-52-44(39)18-19-45-43(20-22-49(53(45)52)57(48)42-5-2-1-3-6-42)33-11-9-32(10-12-33)40-27-35-13-15-37-29-41(30-38-16-14-36(28-40)50(35)51(37)38)47-8-4-7-46(56-47)34-23-25-55-26-24-34/h1-33H;1-30H. The van der Waals surface area contributed by atoms with Gasteiger partial charge in [0.1, 0.15) is 0 Å². The van der Waals surface area contributed by atoms with E-state index >= 15 is 0 Å². The molecular weight excluding hydrogens is 1430 g/mol. The highest BCUT2D eigenvalue weighted by Crippen LogP contribution is 2.49. The van der Waals surface area contributed by atoms with Gasteiger partial charge in [0.2, 0.25) is 0 Å². The van der Waals surface area contributed by atoms with Crippen LogP contribution in [0.3, 0.4) is 0 Å². The monoisotopic (exact) mass is 1490 g/mol. The number of hydrogen-bond acceptors (Lipinski definition) is 5. The highest BCUT2D eigenvalue weighted by atomic mass is 15.0. The molecule has 0 N–H and O–H groups in total. The van der Waals surface area contributed by atoms with Gasteiger partial charge >= 0.3 is 0 Å². The molecule has 0 unspecified atom stereocenters. The summed E-state index contributed by atoms with van der Waals surface area (Å²) in [5.74, 6) is 0. The Balaban J connectivity index is 0.000000135. The number of nitrogens with zero attached hydrogens (tertiary/aromatic N) is 7. The fourth-order valence-electron chi connectivity index (χ4n) is 19.4. The molecule has 7 heteroatoms. The van der Waals surface area contributed by atoms with Gasteiger partial charge in [0.05, 0.1) is 62.2 Å². The lowest BCUT2D eigenvalue weighted by molar-refractivity contribution is 1.18. The lowest BCUT2D eigenvalue weighted by atomic mass is 9.89. The normalized spacial score (nSPS) is 11.9. The van der Waals surface area contributed by atoms with Gasteiger partial charge in [-0.2, -0.15) is 10.5 Å². The fourth-order valence-corrected chi connectivity index (χ4v) is 19.4. The molecule has 5 aromatic heterocycles. The van der Waals surface area contributed by atoms with E-state index in [-0.39, 0.29) is 0 Å². The van der Waals surface area contributed by atoms with Crippen LogP contribution >= 0.6 is 0 Å². The van der Waals surface area contributed by atoms with Crippen molar-refractivity contribution in [3.05, 3.63) is 394 Å². The van der Waals surface area contributed by atoms with Gasteiger partial charge in [0, 0.05) is 84.4 Å². The Morgan fingerprint density at radius 2 is 0.568 bits per heavy atom. The third-order valence-electron chi connectivity index (χ3n) is 24.8. The molecule has 0 aliphatic heterocycles. The van der Waals surface area contributed by atoms with Crippen molar-refractivity contribution >= 4 is 141 Å². The second-order valence-corrected chi connectivity index (χ2v) is 31.1. The number of hydrogen-bond donors (Lipinski definition) is 0. The zero-order valence-corrected chi connectivity index (χ0v) is 63.5. The molecular formula is C111H63N7. The summed E-state index contributed by atoms with van der Waals surface area (Å²) in [4.78, 5) is 13.9. The van der Waals surface area contributed by atoms with Gasteiger partial charge in [-0.15, -0.1) is 0 Å². The second kappa shape index (κ2) is 26.2. The first-order valence-electron chi connectivity index (χ1n) is 39.9. The molecule has 542 valence electrons. The van der Waals surface area contributed by atoms with Crippen molar-refractivity contribution < 1.29 is 0 Å². The molecule has 20 aromatic carbocycles. The maximum Gasteiger partial charge on any atom is 0.0998 e. The molecule has 25 rings (SSSR count).